The van der Waals surface area contributed by atoms with Gasteiger partial charge < -0.3 is 15.0 Å². The van der Waals surface area contributed by atoms with Crippen LogP contribution >= 0.6 is 7.92 Å². The first-order chi connectivity index (χ1) is 10.5. The van der Waals surface area contributed by atoms with Crippen molar-refractivity contribution in [3.63, 3.8) is 0 Å². The molecule has 132 valence electrons. The molecule has 0 spiro atoms. The van der Waals surface area contributed by atoms with E-state index in [0.717, 1.165) is 31.0 Å². The molecule has 1 aliphatic rings. The quantitative estimate of drug-likeness (QED) is 0.261. The molecule has 1 heterocycles. The molecule has 0 unspecified atom stereocenters. The normalized spacial score (nSPS) is 15.4. The zero-order chi connectivity index (χ0) is 17.1. The van der Waals surface area contributed by atoms with E-state index in [1.54, 1.807) is 0 Å². The summed E-state index contributed by atoms with van der Waals surface area (Å²) in [6.45, 7) is 20.1. The zero-order valence-electron chi connectivity index (χ0n) is 15.3. The topological polar surface area (TPSA) is 34.4 Å². The third-order valence-corrected chi connectivity index (χ3v) is 7.05. The number of likely N-dealkylation sites (N-methyl/N-ethyl adjacent to an activating group) is 1. The Morgan fingerprint density at radius 1 is 1.17 bits per heavy atom. The van der Waals surface area contributed by atoms with Crippen LogP contribution in [0.3, 0.4) is 0 Å². The van der Waals surface area contributed by atoms with Crippen molar-refractivity contribution in [2.24, 2.45) is 0 Å². The molecule has 0 N–H and O–H groups in total. The van der Waals surface area contributed by atoms with E-state index in [4.69, 9.17) is 10.1 Å². The van der Waals surface area contributed by atoms with E-state index in [-0.39, 0.29) is 19.5 Å². The van der Waals surface area contributed by atoms with Crippen LogP contribution in [0.25, 0.3) is 5.32 Å². The van der Waals surface area contributed by atoms with Crippen LogP contribution in [0, 0.1) is 0 Å². The SMILES string of the molecule is CCN(CC)CC1=CC=C/C(=C/[PH+](C(C)C)C(C)C)[N-]1.[CH-]=O.[RuH+3]. The first kappa shape index (κ1) is 24.9. The first-order valence-electron chi connectivity index (χ1n) is 8.11. The molecule has 3 nitrogen and oxygen atoms in total. The first-order valence-corrected chi connectivity index (χ1v) is 9.84. The van der Waals surface area contributed by atoms with Crippen LogP contribution in [-0.2, 0) is 24.3 Å². The van der Waals surface area contributed by atoms with E-state index in [1.165, 1.54) is 11.4 Å². The van der Waals surface area contributed by atoms with E-state index in [2.05, 4.69) is 77.3 Å². The van der Waals surface area contributed by atoms with Gasteiger partial charge >= 0.3 is 19.5 Å². The molecular weight excluding hydrogens is 392 g/mol. The molecular formula is C18H33N2OPRu+2. The van der Waals surface area contributed by atoms with Gasteiger partial charge in [-0.2, -0.15) is 0 Å². The molecule has 0 bridgehead atoms. The Bertz CT molecular complexity index is 394. The fourth-order valence-corrected chi connectivity index (χ4v) is 5.02. The standard InChI is InChI=1S/C17H30N2P.CHO.Ru.H/c1-7-19(8-2)12-16-10-9-11-17(18-16)13-20(14(3)4)15(5)6;1-2;;/h9-11,13-15H,7-8,12H2,1-6H3;1H;;/q2*-1;+3;/p+1/b17-13-;;;. The second kappa shape index (κ2) is 14.1. The summed E-state index contributed by atoms with van der Waals surface area (Å²) >= 11 is 0. The minimum atomic E-state index is -0.487. The summed E-state index contributed by atoms with van der Waals surface area (Å²) < 4.78 is 0. The van der Waals surface area contributed by atoms with Crippen LogP contribution in [0.2, 0.25) is 0 Å². The van der Waals surface area contributed by atoms with Crippen LogP contribution in [-0.4, -0.2) is 42.6 Å². The Balaban J connectivity index is 0. The molecule has 0 fully saturated rings. The van der Waals surface area contributed by atoms with Crippen molar-refractivity contribution in [2.75, 3.05) is 19.6 Å². The molecule has 5 heteroatoms. The minimum absolute atomic E-state index is 0. The monoisotopic (exact) mass is 426 g/mol. The number of hydrogen-bond donors (Lipinski definition) is 0. The van der Waals surface area contributed by atoms with Gasteiger partial charge in [0.1, 0.15) is 0 Å². The average Bonchev–Trinajstić information content (AvgIpc) is 2.52. The molecule has 0 saturated heterocycles. The Morgan fingerprint density at radius 2 is 1.70 bits per heavy atom. The Morgan fingerprint density at radius 3 is 2.13 bits per heavy atom. The second-order valence-electron chi connectivity index (χ2n) is 5.97. The van der Waals surface area contributed by atoms with Gasteiger partial charge in [0.15, 0.2) is 0 Å². The summed E-state index contributed by atoms with van der Waals surface area (Å²) in [6.07, 6.45) is 6.45. The number of hydrogen-bond acceptors (Lipinski definition) is 2. The molecule has 0 aromatic heterocycles. The number of nitrogens with zero attached hydrogens (tertiary/aromatic N) is 2. The van der Waals surface area contributed by atoms with Gasteiger partial charge in [-0.3, -0.25) is 6.79 Å². The summed E-state index contributed by atoms with van der Waals surface area (Å²) in [5.74, 6) is 2.45. The molecule has 1 rings (SSSR count). The number of carbonyl (C=O) groups excluding carboxylic acids is 1. The number of allylic oxidation sites excluding steroid dienone is 3. The molecule has 1 aliphatic heterocycles. The zero-order valence-corrected chi connectivity index (χ0v) is 18.2. The second-order valence-corrected chi connectivity index (χ2v) is 9.57. The van der Waals surface area contributed by atoms with Gasteiger partial charge in [-0.25, -0.2) is 0 Å². The molecule has 0 amide bonds. The van der Waals surface area contributed by atoms with E-state index in [0.29, 0.717) is 0 Å². The fourth-order valence-electron chi connectivity index (χ4n) is 2.51. The number of rotatable bonds is 7. The molecule has 23 heavy (non-hydrogen) atoms. The van der Waals surface area contributed by atoms with Gasteiger partial charge in [-0.05, 0) is 40.8 Å². The third-order valence-electron chi connectivity index (χ3n) is 3.76. The fraction of sp³-hybridized carbons (Fsp3) is 0.611. The van der Waals surface area contributed by atoms with Gasteiger partial charge in [0, 0.05) is 20.3 Å². The van der Waals surface area contributed by atoms with Crippen molar-refractivity contribution < 1.29 is 24.3 Å². The Labute approximate surface area is 157 Å². The van der Waals surface area contributed by atoms with Crippen molar-refractivity contribution in [1.29, 1.82) is 0 Å². The molecule has 1 radical (unpaired) electrons. The van der Waals surface area contributed by atoms with Gasteiger partial charge in [0.2, 0.25) is 0 Å². The van der Waals surface area contributed by atoms with Crippen molar-refractivity contribution in [3.8, 4) is 0 Å². The van der Waals surface area contributed by atoms with Crippen LogP contribution in [0.5, 0.6) is 0 Å². The summed E-state index contributed by atoms with van der Waals surface area (Å²) in [6, 6.07) is 0. The van der Waals surface area contributed by atoms with Gasteiger partial charge in [0.05, 0.1) is 11.3 Å². The summed E-state index contributed by atoms with van der Waals surface area (Å²) in [4.78, 5) is 10.2. The van der Waals surface area contributed by atoms with Crippen molar-refractivity contribution in [2.45, 2.75) is 52.9 Å². The summed E-state index contributed by atoms with van der Waals surface area (Å²) in [5, 5.41) is 4.84. The van der Waals surface area contributed by atoms with Crippen molar-refractivity contribution in [3.05, 3.63) is 40.8 Å². The predicted molar refractivity (Wildman–Crippen MR) is 103 cm³/mol. The van der Waals surface area contributed by atoms with Gasteiger partial charge in [-0.15, -0.1) is 11.4 Å². The Hall–Kier alpha value is -0.297. The van der Waals surface area contributed by atoms with Gasteiger partial charge in [-0.1, -0.05) is 32.1 Å². The molecule has 0 saturated carbocycles. The molecule has 0 atom stereocenters. The predicted octanol–water partition coefficient (Wildman–Crippen LogP) is 4.48. The molecule has 0 aromatic carbocycles. The van der Waals surface area contributed by atoms with Crippen LogP contribution in [0.15, 0.2) is 35.4 Å². The van der Waals surface area contributed by atoms with Gasteiger partial charge in [0.25, 0.3) is 0 Å². The maximum atomic E-state index is 7.75. The van der Waals surface area contributed by atoms with E-state index < -0.39 is 7.92 Å². The average molecular weight is 426 g/mol. The van der Waals surface area contributed by atoms with Crippen molar-refractivity contribution >= 4 is 14.7 Å². The summed E-state index contributed by atoms with van der Waals surface area (Å²) in [7, 11) is -0.487. The Kier molecular flexibility index (Phi) is 15.3. The molecule has 0 aliphatic carbocycles. The van der Waals surface area contributed by atoms with E-state index >= 15 is 0 Å². The van der Waals surface area contributed by atoms with E-state index in [1.807, 2.05) is 0 Å². The summed E-state index contributed by atoms with van der Waals surface area (Å²) in [5.41, 5.74) is 3.88. The van der Waals surface area contributed by atoms with E-state index in [9.17, 15) is 0 Å². The third kappa shape index (κ3) is 9.55. The van der Waals surface area contributed by atoms with Crippen LogP contribution < -0.4 is 0 Å². The van der Waals surface area contributed by atoms with Crippen LogP contribution in [0.1, 0.15) is 41.5 Å². The maximum absolute atomic E-state index is 7.75. The van der Waals surface area contributed by atoms with Crippen molar-refractivity contribution in [1.82, 2.24) is 4.90 Å². The van der Waals surface area contributed by atoms with Crippen LogP contribution in [0.4, 0.5) is 0 Å². The molecule has 0 aromatic rings.